The van der Waals surface area contributed by atoms with Crippen molar-refractivity contribution < 1.29 is 18.3 Å². The first kappa shape index (κ1) is 22.9. The number of rotatable bonds is 5. The van der Waals surface area contributed by atoms with Gasteiger partial charge in [0, 0.05) is 32.1 Å². The van der Waals surface area contributed by atoms with Gasteiger partial charge in [0.05, 0.1) is 16.6 Å². The van der Waals surface area contributed by atoms with E-state index in [1.54, 1.807) is 40.0 Å². The summed E-state index contributed by atoms with van der Waals surface area (Å²) in [4.78, 5) is 29.3. The molecule has 4 rings (SSSR count). The fourth-order valence-electron chi connectivity index (χ4n) is 3.88. The number of alkyl carbamates (subject to hydrolysis) is 1. The lowest BCUT2D eigenvalue weighted by Gasteiger charge is -2.19. The smallest absolute Gasteiger partial charge is 0.407 e. The fraction of sp³-hybridized carbons (Fsp3) is 0.458. The number of hydrogen-bond acceptors (Lipinski definition) is 4. The Bertz CT molecular complexity index is 1290. The second-order valence-electron chi connectivity index (χ2n) is 9.96. The third kappa shape index (κ3) is 4.49. The van der Waals surface area contributed by atoms with Crippen LogP contribution < -0.4 is 11.0 Å². The molecule has 7 nitrogen and oxygen atoms in total. The number of hydrogen-bond donors (Lipinski definition) is 1. The van der Waals surface area contributed by atoms with Gasteiger partial charge in [-0.2, -0.15) is 0 Å². The minimum absolute atomic E-state index is 0.0526. The van der Waals surface area contributed by atoms with Crippen molar-refractivity contribution in [3.8, 4) is 11.3 Å². The lowest BCUT2D eigenvalue weighted by Crippen LogP contribution is -2.32. The number of carbonyl (C=O) groups is 1. The molecule has 1 N–H and O–H groups in total. The maximum Gasteiger partial charge on any atom is 0.407 e. The van der Waals surface area contributed by atoms with Crippen LogP contribution in [0.25, 0.3) is 22.4 Å². The highest BCUT2D eigenvalue weighted by atomic mass is 19.3. The number of nitrogens with zero attached hydrogens (tertiary/aromatic N) is 3. The summed E-state index contributed by atoms with van der Waals surface area (Å²) in [5.41, 5.74) is 1.10. The quantitative estimate of drug-likeness (QED) is 0.612. The zero-order valence-electron chi connectivity index (χ0n) is 19.4. The first-order valence-electron chi connectivity index (χ1n) is 10.8. The number of alkyl halides is 2. The molecular formula is C24H28F2N4O3. The summed E-state index contributed by atoms with van der Waals surface area (Å²) in [5.74, 6) is -2.75. The molecule has 1 aromatic carbocycles. The topological polar surface area (TPSA) is 78.2 Å². The number of imidazole rings is 1. The molecule has 3 aromatic rings. The van der Waals surface area contributed by atoms with E-state index < -0.39 is 23.0 Å². The molecular weight excluding hydrogens is 430 g/mol. The van der Waals surface area contributed by atoms with E-state index in [1.807, 2.05) is 24.3 Å². The summed E-state index contributed by atoms with van der Waals surface area (Å²) < 4.78 is 35.5. The number of benzene rings is 1. The summed E-state index contributed by atoms with van der Waals surface area (Å²) in [6.45, 7) is 7.12. The summed E-state index contributed by atoms with van der Waals surface area (Å²) in [5, 5.41) is 2.73. The van der Waals surface area contributed by atoms with Gasteiger partial charge < -0.3 is 10.1 Å². The number of ether oxygens (including phenoxy) is 1. The average molecular weight is 459 g/mol. The minimum Gasteiger partial charge on any atom is -0.444 e. The number of aryl methyl sites for hydroxylation is 1. The summed E-state index contributed by atoms with van der Waals surface area (Å²) in [6.07, 6.45) is -0.725. The monoisotopic (exact) mass is 458 g/mol. The van der Waals surface area contributed by atoms with Gasteiger partial charge in [0.2, 0.25) is 0 Å². The van der Waals surface area contributed by atoms with Crippen molar-refractivity contribution in [3.63, 3.8) is 0 Å². The van der Waals surface area contributed by atoms with Crippen molar-refractivity contribution in [2.45, 2.75) is 58.7 Å². The molecule has 1 amide bonds. The van der Waals surface area contributed by atoms with Crippen LogP contribution in [-0.4, -0.2) is 31.7 Å². The lowest BCUT2D eigenvalue weighted by molar-refractivity contribution is 0.0523. The Morgan fingerprint density at radius 1 is 1.24 bits per heavy atom. The fourth-order valence-corrected chi connectivity index (χ4v) is 3.88. The molecule has 1 unspecified atom stereocenters. The van der Waals surface area contributed by atoms with Crippen LogP contribution in [0.2, 0.25) is 0 Å². The number of pyridine rings is 1. The first-order valence-corrected chi connectivity index (χ1v) is 10.8. The van der Waals surface area contributed by atoms with E-state index >= 15 is 0 Å². The van der Waals surface area contributed by atoms with Gasteiger partial charge in [-0.05, 0) is 44.5 Å². The van der Waals surface area contributed by atoms with Crippen molar-refractivity contribution >= 4 is 17.3 Å². The number of carbonyl (C=O) groups excluding carboxylic acids is 1. The van der Waals surface area contributed by atoms with E-state index in [9.17, 15) is 18.4 Å². The Kier molecular flexibility index (Phi) is 5.34. The molecule has 0 bridgehead atoms. The minimum atomic E-state index is -2.75. The number of aromatic nitrogens is 3. The van der Waals surface area contributed by atoms with Gasteiger partial charge in [-0.15, -0.1) is 0 Å². The molecule has 0 spiro atoms. The second-order valence-corrected chi connectivity index (χ2v) is 9.96. The van der Waals surface area contributed by atoms with Gasteiger partial charge in [-0.3, -0.25) is 9.13 Å². The summed E-state index contributed by atoms with van der Waals surface area (Å²) in [6, 6.07) is 11.0. The summed E-state index contributed by atoms with van der Waals surface area (Å²) >= 11 is 0. The highest BCUT2D eigenvalue weighted by Crippen LogP contribution is 2.61. The maximum atomic E-state index is 13.7. The first-order chi connectivity index (χ1) is 15.3. The van der Waals surface area contributed by atoms with E-state index in [0.717, 1.165) is 11.1 Å². The number of halogens is 2. The molecule has 0 radical (unpaired) electrons. The number of nitrogens with one attached hydrogen (secondary N) is 1. The van der Waals surface area contributed by atoms with Crippen LogP contribution in [0.4, 0.5) is 13.6 Å². The van der Waals surface area contributed by atoms with Crippen molar-refractivity contribution in [2.24, 2.45) is 12.5 Å². The Labute approximate surface area is 190 Å². The lowest BCUT2D eigenvalue weighted by atomic mass is 10.1. The van der Waals surface area contributed by atoms with Gasteiger partial charge in [0.25, 0.3) is 5.92 Å². The molecule has 9 heteroatoms. The Hall–Kier alpha value is -3.23. The SMILES string of the molecule is Cn1c(=O)n(CC2(C)CC2(F)F)c2ccc(-c3cccc(CNC(=O)OC(C)(C)C)c3)nc21. The van der Waals surface area contributed by atoms with Crippen molar-refractivity contribution in [3.05, 3.63) is 52.4 Å². The van der Waals surface area contributed by atoms with E-state index in [0.29, 0.717) is 16.9 Å². The van der Waals surface area contributed by atoms with Crippen molar-refractivity contribution in [1.29, 1.82) is 0 Å². The number of fused-ring (bicyclic) bond motifs is 1. The zero-order chi connectivity index (χ0) is 24.2. The van der Waals surface area contributed by atoms with Gasteiger partial charge in [0.1, 0.15) is 5.60 Å². The van der Waals surface area contributed by atoms with Crippen molar-refractivity contribution in [1.82, 2.24) is 19.4 Å². The van der Waals surface area contributed by atoms with Crippen molar-refractivity contribution in [2.75, 3.05) is 0 Å². The second kappa shape index (κ2) is 7.67. The molecule has 33 heavy (non-hydrogen) atoms. The standard InChI is InChI=1S/C24H28F2N4O3/c1-22(2,3)33-20(31)27-12-15-7-6-8-16(11-15)17-9-10-18-19(28-17)29(5)21(32)30(18)14-23(4)13-24(23,25)26/h6-11H,12-14H2,1-5H3,(H,27,31). The van der Waals surface area contributed by atoms with E-state index in [-0.39, 0.29) is 25.2 Å². The molecule has 0 aliphatic heterocycles. The maximum absolute atomic E-state index is 13.7. The normalized spacial score (nSPS) is 19.5. The molecule has 2 aromatic heterocycles. The molecule has 1 fully saturated rings. The van der Waals surface area contributed by atoms with Crippen LogP contribution in [-0.2, 0) is 24.9 Å². The van der Waals surface area contributed by atoms with Crippen LogP contribution in [0.1, 0.15) is 39.7 Å². The third-order valence-electron chi connectivity index (χ3n) is 5.92. The largest absolute Gasteiger partial charge is 0.444 e. The molecule has 1 saturated carbocycles. The van der Waals surface area contributed by atoms with E-state index in [4.69, 9.17) is 4.74 Å². The average Bonchev–Trinajstić information content (AvgIpc) is 3.15. The molecule has 176 valence electrons. The van der Waals surface area contributed by atoms with Gasteiger partial charge in [-0.1, -0.05) is 25.1 Å². The molecule has 0 saturated heterocycles. The van der Waals surface area contributed by atoms with Crippen LogP contribution in [0.15, 0.2) is 41.2 Å². The molecule has 1 aliphatic rings. The van der Waals surface area contributed by atoms with Crippen LogP contribution >= 0.6 is 0 Å². The highest BCUT2D eigenvalue weighted by Gasteiger charge is 2.68. The van der Waals surface area contributed by atoms with E-state index in [2.05, 4.69) is 10.3 Å². The Morgan fingerprint density at radius 3 is 2.58 bits per heavy atom. The Balaban J connectivity index is 1.58. The molecule has 2 heterocycles. The predicted molar refractivity (Wildman–Crippen MR) is 121 cm³/mol. The Morgan fingerprint density at radius 2 is 1.94 bits per heavy atom. The summed E-state index contributed by atoms with van der Waals surface area (Å²) in [7, 11) is 1.59. The molecule has 1 atom stereocenters. The van der Waals surface area contributed by atoms with Gasteiger partial charge in [0.15, 0.2) is 5.65 Å². The van der Waals surface area contributed by atoms with Crippen LogP contribution in [0.3, 0.4) is 0 Å². The number of amides is 1. The third-order valence-corrected chi connectivity index (χ3v) is 5.92. The zero-order valence-corrected chi connectivity index (χ0v) is 19.4. The molecule has 1 aliphatic carbocycles. The van der Waals surface area contributed by atoms with E-state index in [1.165, 1.54) is 16.1 Å². The van der Waals surface area contributed by atoms with Crippen LogP contribution in [0, 0.1) is 5.41 Å². The van der Waals surface area contributed by atoms with Gasteiger partial charge in [-0.25, -0.2) is 23.4 Å². The van der Waals surface area contributed by atoms with Crippen LogP contribution in [0.5, 0.6) is 0 Å². The van der Waals surface area contributed by atoms with Gasteiger partial charge >= 0.3 is 11.8 Å². The highest BCUT2D eigenvalue weighted by molar-refractivity contribution is 5.76. The predicted octanol–water partition coefficient (Wildman–Crippen LogP) is 4.47.